The number of carbonyl (C=O) groups excluding carboxylic acids is 2. The van der Waals surface area contributed by atoms with Crippen LogP contribution in [0.4, 0.5) is 14.5 Å². The van der Waals surface area contributed by atoms with Gasteiger partial charge >= 0.3 is 5.97 Å². The highest BCUT2D eigenvalue weighted by Gasteiger charge is 2.18. The lowest BCUT2D eigenvalue weighted by Crippen LogP contribution is -2.30. The number of anilines is 1. The minimum atomic E-state index is -1.15. The zero-order chi connectivity index (χ0) is 15.3. The second kappa shape index (κ2) is 6.83. The maximum absolute atomic E-state index is 13.1. The van der Waals surface area contributed by atoms with Crippen LogP contribution in [-0.4, -0.2) is 37.0 Å². The number of rotatable bonds is 5. The van der Waals surface area contributed by atoms with Gasteiger partial charge < -0.3 is 15.4 Å². The third kappa shape index (κ3) is 3.91. The first-order chi connectivity index (χ1) is 9.36. The van der Waals surface area contributed by atoms with E-state index in [1.807, 2.05) is 0 Å². The Morgan fingerprint density at radius 1 is 1.30 bits per heavy atom. The van der Waals surface area contributed by atoms with Crippen molar-refractivity contribution in [1.82, 2.24) is 4.90 Å². The van der Waals surface area contributed by atoms with Crippen molar-refractivity contribution < 1.29 is 23.1 Å². The van der Waals surface area contributed by atoms with Gasteiger partial charge in [0.1, 0.15) is 0 Å². The van der Waals surface area contributed by atoms with Crippen molar-refractivity contribution in [2.24, 2.45) is 0 Å². The van der Waals surface area contributed by atoms with Crippen molar-refractivity contribution in [3.05, 3.63) is 29.3 Å². The Balaban J connectivity index is 2.74. The zero-order valence-corrected chi connectivity index (χ0v) is 11.3. The summed E-state index contributed by atoms with van der Waals surface area (Å²) < 4.78 is 30.8. The molecule has 1 rings (SSSR count). The number of ether oxygens (including phenoxy) is 1. The minimum absolute atomic E-state index is 0.0136. The molecule has 2 N–H and O–H groups in total. The van der Waals surface area contributed by atoms with Gasteiger partial charge in [-0.25, -0.2) is 8.78 Å². The van der Waals surface area contributed by atoms with Gasteiger partial charge in [-0.15, -0.1) is 0 Å². The number of benzene rings is 1. The van der Waals surface area contributed by atoms with E-state index in [0.29, 0.717) is 0 Å². The molecule has 0 heterocycles. The zero-order valence-electron chi connectivity index (χ0n) is 11.3. The second-order valence-electron chi connectivity index (χ2n) is 4.14. The van der Waals surface area contributed by atoms with E-state index < -0.39 is 23.5 Å². The Labute approximate surface area is 115 Å². The first-order valence-electron chi connectivity index (χ1n) is 6.02. The van der Waals surface area contributed by atoms with Crippen LogP contribution >= 0.6 is 0 Å². The van der Waals surface area contributed by atoms with Gasteiger partial charge in [-0.05, 0) is 13.0 Å². The summed E-state index contributed by atoms with van der Waals surface area (Å²) >= 11 is 0. The van der Waals surface area contributed by atoms with E-state index in [4.69, 9.17) is 10.5 Å². The third-order valence-corrected chi connectivity index (χ3v) is 2.63. The fraction of sp³-hybridized carbons (Fsp3) is 0.385. The Morgan fingerprint density at radius 3 is 2.50 bits per heavy atom. The monoisotopic (exact) mass is 286 g/mol. The molecule has 110 valence electrons. The fourth-order valence-corrected chi connectivity index (χ4v) is 1.55. The number of hydrogen-bond donors (Lipinski definition) is 1. The summed E-state index contributed by atoms with van der Waals surface area (Å²) in [7, 11) is 1.43. The Bertz CT molecular complexity index is 521. The molecule has 0 bridgehead atoms. The van der Waals surface area contributed by atoms with Crippen LogP contribution in [0.25, 0.3) is 0 Å². The molecule has 0 atom stereocenters. The van der Waals surface area contributed by atoms with Crippen LogP contribution in [-0.2, 0) is 9.53 Å². The molecular formula is C13H16F2N2O3. The largest absolute Gasteiger partial charge is 0.466 e. The maximum atomic E-state index is 13.1. The number of nitrogens with zero attached hydrogens (tertiary/aromatic N) is 1. The number of esters is 1. The van der Waals surface area contributed by atoms with Gasteiger partial charge in [-0.1, -0.05) is 0 Å². The molecule has 0 unspecified atom stereocenters. The normalized spacial score (nSPS) is 10.2. The van der Waals surface area contributed by atoms with E-state index >= 15 is 0 Å². The van der Waals surface area contributed by atoms with Gasteiger partial charge in [0, 0.05) is 25.3 Å². The van der Waals surface area contributed by atoms with Gasteiger partial charge in [-0.3, -0.25) is 9.59 Å². The summed E-state index contributed by atoms with van der Waals surface area (Å²) in [4.78, 5) is 24.4. The number of nitrogens with two attached hydrogens (primary N) is 1. The molecule has 0 spiro atoms. The molecular weight excluding hydrogens is 270 g/mol. The van der Waals surface area contributed by atoms with Crippen molar-refractivity contribution >= 4 is 17.6 Å². The number of halogens is 2. The molecule has 0 aromatic heterocycles. The van der Waals surface area contributed by atoms with Crippen LogP contribution in [0.5, 0.6) is 0 Å². The Kier molecular flexibility index (Phi) is 5.42. The lowest BCUT2D eigenvalue weighted by molar-refractivity contribution is -0.143. The summed E-state index contributed by atoms with van der Waals surface area (Å²) in [6, 6.07) is 1.50. The van der Waals surface area contributed by atoms with Crippen molar-refractivity contribution in [3.63, 3.8) is 0 Å². The molecule has 0 radical (unpaired) electrons. The first-order valence-corrected chi connectivity index (χ1v) is 6.02. The standard InChI is InChI=1S/C13H16F2N2O3/c1-3-20-12(18)4-5-17(2)13(19)8-6-9(14)10(15)7-11(8)16/h6-7H,3-5,16H2,1-2H3. The highest BCUT2D eigenvalue weighted by Crippen LogP contribution is 2.18. The molecule has 20 heavy (non-hydrogen) atoms. The van der Waals surface area contributed by atoms with Gasteiger partial charge in [0.15, 0.2) is 11.6 Å². The van der Waals surface area contributed by atoms with Crippen molar-refractivity contribution in [3.8, 4) is 0 Å². The lowest BCUT2D eigenvalue weighted by atomic mass is 10.1. The van der Waals surface area contributed by atoms with E-state index in [9.17, 15) is 18.4 Å². The van der Waals surface area contributed by atoms with Gasteiger partial charge in [-0.2, -0.15) is 0 Å². The topological polar surface area (TPSA) is 72.6 Å². The highest BCUT2D eigenvalue weighted by molar-refractivity contribution is 5.99. The number of amides is 1. The molecule has 0 aliphatic carbocycles. The van der Waals surface area contributed by atoms with Gasteiger partial charge in [0.05, 0.1) is 18.6 Å². The number of nitrogen functional groups attached to an aromatic ring is 1. The predicted molar refractivity (Wildman–Crippen MR) is 69.0 cm³/mol. The molecule has 0 saturated heterocycles. The second-order valence-corrected chi connectivity index (χ2v) is 4.14. The molecule has 0 fully saturated rings. The van der Waals surface area contributed by atoms with Crippen LogP contribution in [0.1, 0.15) is 23.7 Å². The fourth-order valence-electron chi connectivity index (χ4n) is 1.55. The molecule has 1 aromatic carbocycles. The molecule has 5 nitrogen and oxygen atoms in total. The summed E-state index contributed by atoms with van der Waals surface area (Å²) in [5.41, 5.74) is 5.19. The van der Waals surface area contributed by atoms with Gasteiger partial charge in [0.25, 0.3) is 5.91 Å². The molecule has 0 aliphatic heterocycles. The number of carbonyl (C=O) groups is 2. The van der Waals surface area contributed by atoms with E-state index in [1.165, 1.54) is 11.9 Å². The average Bonchev–Trinajstić information content (AvgIpc) is 2.39. The first kappa shape index (κ1) is 15.9. The Morgan fingerprint density at radius 2 is 1.90 bits per heavy atom. The van der Waals surface area contributed by atoms with E-state index in [1.54, 1.807) is 6.92 Å². The van der Waals surface area contributed by atoms with Crippen molar-refractivity contribution in [2.75, 3.05) is 25.9 Å². The average molecular weight is 286 g/mol. The van der Waals surface area contributed by atoms with E-state index in [-0.39, 0.29) is 30.8 Å². The van der Waals surface area contributed by atoms with Crippen LogP contribution in [0.3, 0.4) is 0 Å². The summed E-state index contributed by atoms with van der Waals surface area (Å²) in [6.07, 6.45) is 0.0136. The van der Waals surface area contributed by atoms with E-state index in [2.05, 4.69) is 0 Å². The molecule has 1 aromatic rings. The van der Waals surface area contributed by atoms with Crippen LogP contribution in [0.15, 0.2) is 12.1 Å². The predicted octanol–water partition coefficient (Wildman–Crippen LogP) is 1.57. The molecule has 0 aliphatic rings. The molecule has 0 saturated carbocycles. The maximum Gasteiger partial charge on any atom is 0.307 e. The summed E-state index contributed by atoms with van der Waals surface area (Å²) in [5, 5.41) is 0. The Hall–Kier alpha value is -2.18. The van der Waals surface area contributed by atoms with Crippen LogP contribution in [0.2, 0.25) is 0 Å². The van der Waals surface area contributed by atoms with E-state index in [0.717, 1.165) is 12.1 Å². The summed E-state index contributed by atoms with van der Waals surface area (Å²) in [6.45, 7) is 2.03. The summed E-state index contributed by atoms with van der Waals surface area (Å²) in [5.74, 6) is -3.30. The molecule has 1 amide bonds. The number of hydrogen-bond acceptors (Lipinski definition) is 4. The van der Waals surface area contributed by atoms with Crippen LogP contribution in [0, 0.1) is 11.6 Å². The third-order valence-electron chi connectivity index (χ3n) is 2.63. The quantitative estimate of drug-likeness (QED) is 0.658. The smallest absolute Gasteiger partial charge is 0.307 e. The minimum Gasteiger partial charge on any atom is -0.466 e. The SMILES string of the molecule is CCOC(=O)CCN(C)C(=O)c1cc(F)c(F)cc1N. The van der Waals surface area contributed by atoms with Crippen molar-refractivity contribution in [2.45, 2.75) is 13.3 Å². The molecule has 7 heteroatoms. The highest BCUT2D eigenvalue weighted by atomic mass is 19.2. The lowest BCUT2D eigenvalue weighted by Gasteiger charge is -2.17. The van der Waals surface area contributed by atoms with Crippen LogP contribution < -0.4 is 5.73 Å². The van der Waals surface area contributed by atoms with Crippen molar-refractivity contribution in [1.29, 1.82) is 0 Å². The van der Waals surface area contributed by atoms with Gasteiger partial charge in [0.2, 0.25) is 0 Å².